The Kier molecular flexibility index (Phi) is 5.01. The maximum absolute atomic E-state index is 14.8. The summed E-state index contributed by atoms with van der Waals surface area (Å²) < 4.78 is 30.1. The zero-order chi connectivity index (χ0) is 18.7. The van der Waals surface area contributed by atoms with Crippen molar-refractivity contribution in [3.05, 3.63) is 71.8 Å². The number of aliphatic hydroxyl groups is 1. The van der Waals surface area contributed by atoms with Gasteiger partial charge in [0.15, 0.2) is 6.29 Å². The minimum atomic E-state index is -2.45. The molecule has 0 bridgehead atoms. The molecule has 1 N–H and O–H groups in total. The Morgan fingerprint density at radius 2 is 1.42 bits per heavy atom. The van der Waals surface area contributed by atoms with Gasteiger partial charge in [-0.15, -0.1) is 0 Å². The molecule has 1 heterocycles. The SMILES string of the molecule is C[C@]1(F)C(O)O[C@H](OC(=O)c2ccccc2)[C@H]1OC(=O)c1ccccc1. The second kappa shape index (κ2) is 7.23. The summed E-state index contributed by atoms with van der Waals surface area (Å²) >= 11 is 0. The van der Waals surface area contributed by atoms with Gasteiger partial charge in [0.05, 0.1) is 11.1 Å². The predicted molar refractivity (Wildman–Crippen MR) is 87.9 cm³/mol. The molecule has 4 atom stereocenters. The Bertz CT molecular complexity index is 777. The van der Waals surface area contributed by atoms with Crippen LogP contribution in [-0.2, 0) is 14.2 Å². The number of hydrogen-bond donors (Lipinski definition) is 1. The van der Waals surface area contributed by atoms with Gasteiger partial charge in [0.1, 0.15) is 0 Å². The van der Waals surface area contributed by atoms with Crippen LogP contribution >= 0.6 is 0 Å². The largest absolute Gasteiger partial charge is 0.448 e. The highest BCUT2D eigenvalue weighted by Crippen LogP contribution is 2.36. The summed E-state index contributed by atoms with van der Waals surface area (Å²) in [7, 11) is 0. The van der Waals surface area contributed by atoms with Gasteiger partial charge in [-0.1, -0.05) is 36.4 Å². The molecular weight excluding hydrogens is 343 g/mol. The van der Waals surface area contributed by atoms with E-state index in [2.05, 4.69) is 0 Å². The summed E-state index contributed by atoms with van der Waals surface area (Å²) in [5, 5.41) is 9.78. The zero-order valence-electron chi connectivity index (χ0n) is 13.9. The molecule has 0 saturated carbocycles. The highest BCUT2D eigenvalue weighted by molar-refractivity contribution is 5.90. The van der Waals surface area contributed by atoms with Gasteiger partial charge in [-0.3, -0.25) is 0 Å². The van der Waals surface area contributed by atoms with Crippen molar-refractivity contribution in [2.75, 3.05) is 0 Å². The summed E-state index contributed by atoms with van der Waals surface area (Å²) in [6, 6.07) is 15.9. The van der Waals surface area contributed by atoms with E-state index in [1.165, 1.54) is 24.3 Å². The fourth-order valence-electron chi connectivity index (χ4n) is 2.50. The van der Waals surface area contributed by atoms with E-state index in [0.29, 0.717) is 0 Å². The van der Waals surface area contributed by atoms with Crippen LogP contribution in [0.4, 0.5) is 4.39 Å². The summed E-state index contributed by atoms with van der Waals surface area (Å²) in [5.41, 5.74) is -2.05. The van der Waals surface area contributed by atoms with Gasteiger partial charge < -0.3 is 19.3 Å². The van der Waals surface area contributed by atoms with E-state index in [1.54, 1.807) is 36.4 Å². The van der Waals surface area contributed by atoms with Crippen LogP contribution in [-0.4, -0.2) is 41.4 Å². The number of halogens is 1. The van der Waals surface area contributed by atoms with Crippen LogP contribution < -0.4 is 0 Å². The third-order valence-electron chi connectivity index (χ3n) is 4.03. The van der Waals surface area contributed by atoms with Gasteiger partial charge in [0.25, 0.3) is 0 Å². The summed E-state index contributed by atoms with van der Waals surface area (Å²) in [5.74, 6) is -1.61. The number of esters is 2. The zero-order valence-corrected chi connectivity index (χ0v) is 13.9. The molecule has 2 aromatic rings. The quantitative estimate of drug-likeness (QED) is 0.844. The Morgan fingerprint density at radius 3 is 1.92 bits per heavy atom. The molecule has 26 heavy (non-hydrogen) atoms. The van der Waals surface area contributed by atoms with Gasteiger partial charge in [-0.25, -0.2) is 14.0 Å². The second-order valence-electron chi connectivity index (χ2n) is 5.97. The Morgan fingerprint density at radius 1 is 0.962 bits per heavy atom. The lowest BCUT2D eigenvalue weighted by Crippen LogP contribution is -2.45. The van der Waals surface area contributed by atoms with E-state index in [0.717, 1.165) is 6.92 Å². The molecule has 1 aliphatic rings. The number of hydrogen-bond acceptors (Lipinski definition) is 6. The number of benzene rings is 2. The van der Waals surface area contributed by atoms with Gasteiger partial charge in [0.2, 0.25) is 18.1 Å². The maximum Gasteiger partial charge on any atom is 0.340 e. The Balaban J connectivity index is 1.77. The number of alkyl halides is 1. The van der Waals surface area contributed by atoms with Crippen LogP contribution in [0.5, 0.6) is 0 Å². The van der Waals surface area contributed by atoms with Gasteiger partial charge in [0, 0.05) is 0 Å². The lowest BCUT2D eigenvalue weighted by atomic mass is 10.0. The minimum absolute atomic E-state index is 0.192. The van der Waals surface area contributed by atoms with Gasteiger partial charge in [-0.2, -0.15) is 0 Å². The number of ether oxygens (including phenoxy) is 3. The molecule has 2 aromatic carbocycles. The van der Waals surface area contributed by atoms with E-state index < -0.39 is 36.3 Å². The van der Waals surface area contributed by atoms with Crippen molar-refractivity contribution in [2.24, 2.45) is 0 Å². The van der Waals surface area contributed by atoms with Crippen LogP contribution in [0, 0.1) is 0 Å². The molecule has 7 heteroatoms. The summed E-state index contributed by atoms with van der Waals surface area (Å²) in [4.78, 5) is 24.4. The molecule has 0 amide bonds. The number of carbonyl (C=O) groups excluding carboxylic acids is 2. The second-order valence-corrected chi connectivity index (χ2v) is 5.97. The first-order valence-corrected chi connectivity index (χ1v) is 7.94. The van der Waals surface area contributed by atoms with E-state index in [4.69, 9.17) is 14.2 Å². The smallest absolute Gasteiger partial charge is 0.340 e. The molecule has 1 unspecified atom stereocenters. The normalized spacial score (nSPS) is 27.7. The standard InChI is InChI=1S/C19H17FO6/c1-19(20)14(24-15(21)12-8-4-2-5-9-12)17(26-18(19)23)25-16(22)13-10-6-3-7-11-13/h2-11,14,17-18,23H,1H3/t14-,17+,18?,19-/m1/s1. The van der Waals surface area contributed by atoms with Crippen LogP contribution in [0.1, 0.15) is 27.6 Å². The van der Waals surface area contributed by atoms with Crippen molar-refractivity contribution in [1.82, 2.24) is 0 Å². The molecule has 1 aliphatic heterocycles. The van der Waals surface area contributed by atoms with Crippen LogP contribution in [0.3, 0.4) is 0 Å². The van der Waals surface area contributed by atoms with Crippen LogP contribution in [0.2, 0.25) is 0 Å². The maximum atomic E-state index is 14.8. The highest BCUT2D eigenvalue weighted by Gasteiger charge is 2.58. The van der Waals surface area contributed by atoms with Crippen LogP contribution in [0.25, 0.3) is 0 Å². The lowest BCUT2D eigenvalue weighted by Gasteiger charge is -2.25. The molecule has 136 valence electrons. The average molecular weight is 360 g/mol. The fourth-order valence-corrected chi connectivity index (χ4v) is 2.50. The molecule has 6 nitrogen and oxygen atoms in total. The monoisotopic (exact) mass is 360 g/mol. The molecular formula is C19H17FO6. The van der Waals surface area contributed by atoms with Crippen molar-refractivity contribution in [3.63, 3.8) is 0 Å². The van der Waals surface area contributed by atoms with Gasteiger partial charge >= 0.3 is 11.9 Å². The molecule has 1 saturated heterocycles. The number of carbonyl (C=O) groups is 2. The highest BCUT2D eigenvalue weighted by atomic mass is 19.1. The van der Waals surface area contributed by atoms with E-state index in [9.17, 15) is 19.1 Å². The van der Waals surface area contributed by atoms with Crippen LogP contribution in [0.15, 0.2) is 60.7 Å². The van der Waals surface area contributed by atoms with Crippen molar-refractivity contribution in [3.8, 4) is 0 Å². The Labute approximate surface area is 149 Å². The first-order valence-electron chi connectivity index (χ1n) is 7.94. The van der Waals surface area contributed by atoms with E-state index in [-0.39, 0.29) is 11.1 Å². The average Bonchev–Trinajstić information content (AvgIpc) is 2.86. The fraction of sp³-hybridized carbons (Fsp3) is 0.263. The van der Waals surface area contributed by atoms with E-state index >= 15 is 0 Å². The number of aliphatic hydroxyl groups excluding tert-OH is 1. The van der Waals surface area contributed by atoms with Crippen molar-refractivity contribution in [1.29, 1.82) is 0 Å². The molecule has 3 rings (SSSR count). The Hall–Kier alpha value is -2.77. The lowest BCUT2D eigenvalue weighted by molar-refractivity contribution is -0.186. The van der Waals surface area contributed by atoms with E-state index in [1.807, 2.05) is 0 Å². The molecule has 0 radical (unpaired) electrons. The summed E-state index contributed by atoms with van der Waals surface area (Å²) in [6.07, 6.45) is -5.12. The van der Waals surface area contributed by atoms with Crippen molar-refractivity contribution in [2.45, 2.75) is 31.3 Å². The molecule has 1 fully saturated rings. The predicted octanol–water partition coefficient (Wildman–Crippen LogP) is 2.47. The topological polar surface area (TPSA) is 82.1 Å². The molecule has 0 spiro atoms. The first kappa shape index (κ1) is 18.0. The third kappa shape index (κ3) is 3.58. The molecule has 0 aromatic heterocycles. The minimum Gasteiger partial charge on any atom is -0.448 e. The first-order chi connectivity index (χ1) is 12.4. The summed E-state index contributed by atoms with van der Waals surface area (Å²) in [6.45, 7) is 1.01. The third-order valence-corrected chi connectivity index (χ3v) is 4.03. The number of rotatable bonds is 4. The van der Waals surface area contributed by atoms with Crippen molar-refractivity contribution < 1.29 is 33.3 Å². The van der Waals surface area contributed by atoms with Gasteiger partial charge in [-0.05, 0) is 31.2 Å². The van der Waals surface area contributed by atoms with Crippen molar-refractivity contribution >= 4 is 11.9 Å². The molecule has 0 aliphatic carbocycles.